The molecular formula is C14H15ClN2O3S. The van der Waals surface area contributed by atoms with Crippen LogP contribution in [-0.2, 0) is 10.0 Å². The molecule has 7 heteroatoms. The number of hydrogen-bond acceptors (Lipinski definition) is 4. The minimum absolute atomic E-state index is 0.0655. The number of ether oxygens (including phenoxy) is 1. The maximum absolute atomic E-state index is 12.3. The first kappa shape index (κ1) is 15.6. The Kier molecular flexibility index (Phi) is 4.69. The van der Waals surface area contributed by atoms with Crippen molar-refractivity contribution in [3.05, 3.63) is 47.2 Å². The minimum Gasteiger partial charge on any atom is -0.494 e. The van der Waals surface area contributed by atoms with Crippen molar-refractivity contribution in [2.24, 2.45) is 0 Å². The maximum Gasteiger partial charge on any atom is 0.262 e. The predicted molar refractivity (Wildman–Crippen MR) is 82.4 cm³/mol. The molecule has 1 N–H and O–H groups in total. The fourth-order valence-electron chi connectivity index (χ4n) is 1.76. The van der Waals surface area contributed by atoms with Crippen molar-refractivity contribution in [1.29, 1.82) is 0 Å². The second-order valence-corrected chi connectivity index (χ2v) is 6.40. The van der Waals surface area contributed by atoms with Crippen molar-refractivity contribution in [3.63, 3.8) is 0 Å². The molecule has 0 atom stereocenters. The van der Waals surface area contributed by atoms with E-state index in [2.05, 4.69) is 9.71 Å². The number of pyridine rings is 1. The molecule has 0 aliphatic rings. The normalized spacial score (nSPS) is 11.2. The Hall–Kier alpha value is -1.79. The number of halogens is 1. The molecule has 2 aromatic rings. The second kappa shape index (κ2) is 6.32. The van der Waals surface area contributed by atoms with E-state index < -0.39 is 10.0 Å². The minimum atomic E-state index is -3.70. The average molecular weight is 327 g/mol. The molecule has 0 aliphatic heterocycles. The first-order chi connectivity index (χ1) is 9.92. The van der Waals surface area contributed by atoms with E-state index in [9.17, 15) is 8.42 Å². The summed E-state index contributed by atoms with van der Waals surface area (Å²) in [4.78, 5) is 3.83. The summed E-state index contributed by atoms with van der Waals surface area (Å²) < 4.78 is 32.5. The first-order valence-electron chi connectivity index (χ1n) is 6.30. The van der Waals surface area contributed by atoms with Crippen molar-refractivity contribution in [2.45, 2.75) is 18.7 Å². The van der Waals surface area contributed by atoms with Gasteiger partial charge in [0, 0.05) is 6.20 Å². The van der Waals surface area contributed by atoms with Crippen LogP contribution in [0.4, 0.5) is 5.69 Å². The average Bonchev–Trinajstić information content (AvgIpc) is 2.42. The number of nitrogens with zero attached hydrogens (tertiary/aromatic N) is 1. The quantitative estimate of drug-likeness (QED) is 0.856. The summed E-state index contributed by atoms with van der Waals surface area (Å²) in [5, 5.41) is 0.126. The fraction of sp³-hybridized carbons (Fsp3) is 0.214. The van der Waals surface area contributed by atoms with Gasteiger partial charge in [0.25, 0.3) is 10.0 Å². The van der Waals surface area contributed by atoms with Crippen LogP contribution in [0.5, 0.6) is 5.75 Å². The Morgan fingerprint density at radius 3 is 2.67 bits per heavy atom. The zero-order valence-electron chi connectivity index (χ0n) is 11.6. The smallest absolute Gasteiger partial charge is 0.262 e. The summed E-state index contributed by atoms with van der Waals surface area (Å²) in [6, 6.07) is 7.85. The van der Waals surface area contributed by atoms with E-state index in [-0.39, 0.29) is 10.0 Å². The van der Waals surface area contributed by atoms with Crippen LogP contribution in [0.3, 0.4) is 0 Å². The topological polar surface area (TPSA) is 68.3 Å². The number of anilines is 1. The number of sulfonamides is 1. The van der Waals surface area contributed by atoms with Crippen molar-refractivity contribution in [3.8, 4) is 5.75 Å². The lowest BCUT2D eigenvalue weighted by Gasteiger charge is -2.12. The lowest BCUT2D eigenvalue weighted by Crippen LogP contribution is -2.14. The third-order valence-electron chi connectivity index (χ3n) is 2.76. The second-order valence-electron chi connectivity index (χ2n) is 4.33. The zero-order chi connectivity index (χ0) is 15.5. The van der Waals surface area contributed by atoms with Crippen LogP contribution in [0.1, 0.15) is 12.5 Å². The fourth-order valence-corrected chi connectivity index (χ4v) is 3.14. The highest BCUT2D eigenvalue weighted by Crippen LogP contribution is 2.24. The molecule has 0 aliphatic carbocycles. The largest absolute Gasteiger partial charge is 0.494 e. The van der Waals surface area contributed by atoms with Gasteiger partial charge < -0.3 is 4.74 Å². The molecule has 1 aromatic heterocycles. The van der Waals surface area contributed by atoms with Crippen molar-refractivity contribution in [2.75, 3.05) is 11.3 Å². The molecular weight excluding hydrogens is 312 g/mol. The lowest BCUT2D eigenvalue weighted by atomic mass is 10.2. The molecule has 0 unspecified atom stereocenters. The van der Waals surface area contributed by atoms with Crippen molar-refractivity contribution >= 4 is 27.3 Å². The van der Waals surface area contributed by atoms with Gasteiger partial charge in [0.2, 0.25) is 0 Å². The van der Waals surface area contributed by atoms with Gasteiger partial charge in [-0.1, -0.05) is 11.6 Å². The van der Waals surface area contributed by atoms with Gasteiger partial charge in [0.15, 0.2) is 0 Å². The van der Waals surface area contributed by atoms with E-state index in [1.54, 1.807) is 25.1 Å². The van der Waals surface area contributed by atoms with E-state index in [0.29, 0.717) is 18.0 Å². The molecule has 0 saturated heterocycles. The summed E-state index contributed by atoms with van der Waals surface area (Å²) in [5.41, 5.74) is 1.26. The third-order valence-corrected chi connectivity index (χ3v) is 4.33. The van der Waals surface area contributed by atoms with Gasteiger partial charge in [-0.2, -0.15) is 0 Å². The molecule has 112 valence electrons. The highest BCUT2D eigenvalue weighted by atomic mass is 35.5. The highest BCUT2D eigenvalue weighted by Gasteiger charge is 2.16. The molecule has 0 spiro atoms. The van der Waals surface area contributed by atoms with Gasteiger partial charge in [-0.15, -0.1) is 0 Å². The monoisotopic (exact) mass is 326 g/mol. The number of aromatic nitrogens is 1. The molecule has 21 heavy (non-hydrogen) atoms. The first-order valence-corrected chi connectivity index (χ1v) is 8.16. The van der Waals surface area contributed by atoms with Crippen molar-refractivity contribution < 1.29 is 13.2 Å². The van der Waals surface area contributed by atoms with Crippen LogP contribution in [0.2, 0.25) is 5.15 Å². The maximum atomic E-state index is 12.3. The Labute approximate surface area is 129 Å². The van der Waals surface area contributed by atoms with E-state index in [1.807, 2.05) is 6.92 Å². The molecule has 1 aromatic carbocycles. The summed E-state index contributed by atoms with van der Waals surface area (Å²) in [6.45, 7) is 4.25. The summed E-state index contributed by atoms with van der Waals surface area (Å²) in [5.74, 6) is 0.699. The van der Waals surface area contributed by atoms with Gasteiger partial charge in [-0.3, -0.25) is 4.72 Å². The van der Waals surface area contributed by atoms with Crippen LogP contribution in [0.25, 0.3) is 0 Å². The molecule has 2 rings (SSSR count). The number of benzene rings is 1. The van der Waals surface area contributed by atoms with E-state index in [4.69, 9.17) is 16.3 Å². The zero-order valence-corrected chi connectivity index (χ0v) is 13.2. The molecule has 0 radical (unpaired) electrons. The summed E-state index contributed by atoms with van der Waals surface area (Å²) >= 11 is 5.72. The Morgan fingerprint density at radius 2 is 2.05 bits per heavy atom. The van der Waals surface area contributed by atoms with E-state index in [0.717, 1.165) is 5.56 Å². The van der Waals surface area contributed by atoms with Crippen LogP contribution in [0.15, 0.2) is 41.4 Å². The number of rotatable bonds is 5. The Balaban J connectivity index is 2.29. The van der Waals surface area contributed by atoms with Crippen LogP contribution >= 0.6 is 11.6 Å². The van der Waals surface area contributed by atoms with Gasteiger partial charge in [0.1, 0.15) is 10.9 Å². The van der Waals surface area contributed by atoms with Crippen LogP contribution in [0, 0.1) is 6.92 Å². The number of aryl methyl sites for hydroxylation is 1. The van der Waals surface area contributed by atoms with Gasteiger partial charge in [-0.25, -0.2) is 13.4 Å². The van der Waals surface area contributed by atoms with E-state index in [1.165, 1.54) is 18.3 Å². The lowest BCUT2D eigenvalue weighted by molar-refractivity contribution is 0.340. The van der Waals surface area contributed by atoms with Gasteiger partial charge in [-0.05, 0) is 49.7 Å². The summed E-state index contributed by atoms with van der Waals surface area (Å²) in [7, 11) is -3.70. The molecule has 1 heterocycles. The molecule has 5 nitrogen and oxygen atoms in total. The molecule has 0 saturated carbocycles. The standard InChI is InChI=1S/C14H15ClN2O3S/c1-3-20-11-4-5-13(10(2)8-11)17-21(18,19)12-6-7-16-14(15)9-12/h4-9,17H,3H2,1-2H3. The predicted octanol–water partition coefficient (Wildman–Crippen LogP) is 3.24. The molecule has 0 bridgehead atoms. The molecule has 0 fully saturated rings. The van der Waals surface area contributed by atoms with Crippen LogP contribution in [-0.4, -0.2) is 20.0 Å². The number of hydrogen-bond donors (Lipinski definition) is 1. The summed E-state index contributed by atoms with van der Waals surface area (Å²) in [6.07, 6.45) is 1.35. The third kappa shape index (κ3) is 3.86. The van der Waals surface area contributed by atoms with Crippen molar-refractivity contribution in [1.82, 2.24) is 4.98 Å². The van der Waals surface area contributed by atoms with Gasteiger partial charge in [0.05, 0.1) is 17.2 Å². The van der Waals surface area contributed by atoms with Crippen LogP contribution < -0.4 is 9.46 Å². The molecule has 0 amide bonds. The van der Waals surface area contributed by atoms with E-state index >= 15 is 0 Å². The number of nitrogens with one attached hydrogen (secondary N) is 1. The Bertz CT molecular complexity index is 748. The van der Waals surface area contributed by atoms with Gasteiger partial charge >= 0.3 is 0 Å². The SMILES string of the molecule is CCOc1ccc(NS(=O)(=O)c2ccnc(Cl)c2)c(C)c1. The highest BCUT2D eigenvalue weighted by molar-refractivity contribution is 7.92. The Morgan fingerprint density at radius 1 is 1.29 bits per heavy atom.